The summed E-state index contributed by atoms with van der Waals surface area (Å²) in [7, 11) is 1.53. The first-order valence-electron chi connectivity index (χ1n) is 31.8. The van der Waals surface area contributed by atoms with Gasteiger partial charge in [0.2, 0.25) is 0 Å². The SMILES string of the molecule is COc1cc2c(cc1O)C1=CC3CC4(CC5(CC4C=O)NC4C(O)CCCC4CC5n4c(-c5cccc(O)c5)cc5[nH]ccc54)C4CC(O)CCC4C3C2CC(=O)CC(CCc2ccc(O)c(OCCO)c2)OC(=O)CC#CCc2c1[nH]c1ccccc21. The minimum atomic E-state index is -0.844. The van der Waals surface area contributed by atoms with Crippen LogP contribution in [0.1, 0.15) is 130 Å². The van der Waals surface area contributed by atoms with Crippen molar-refractivity contribution in [3.8, 4) is 51.8 Å². The number of phenols is 3. The molecule has 3 aromatic heterocycles. The summed E-state index contributed by atoms with van der Waals surface area (Å²) in [5.41, 5.74) is 8.15. The second kappa shape index (κ2) is 23.3. The maximum atomic E-state index is 15.6. The Balaban J connectivity index is 0.939. The molecular formula is C72H78N4O12. The number of nitrogens with zero attached hydrogens (tertiary/aromatic N) is 1. The number of ketones is 1. The van der Waals surface area contributed by atoms with E-state index in [9.17, 15) is 40.2 Å². The number of phenolic OH excluding ortho intramolecular Hbond substituents is 3. The van der Waals surface area contributed by atoms with Crippen LogP contribution in [-0.2, 0) is 32.0 Å². The summed E-state index contributed by atoms with van der Waals surface area (Å²) >= 11 is 0. The summed E-state index contributed by atoms with van der Waals surface area (Å²) < 4.78 is 20.3. The van der Waals surface area contributed by atoms with Crippen molar-refractivity contribution in [2.45, 2.75) is 145 Å². The third-order valence-corrected chi connectivity index (χ3v) is 21.9. The molecule has 14 rings (SSSR count). The lowest BCUT2D eigenvalue weighted by molar-refractivity contribution is -0.149. The molecule has 9 N–H and O–H groups in total. The predicted molar refractivity (Wildman–Crippen MR) is 332 cm³/mol. The molecule has 5 heterocycles. The Morgan fingerprint density at radius 3 is 2.57 bits per heavy atom. The number of methoxy groups -OCH3 is 1. The average Bonchev–Trinajstić information content (AvgIpc) is 1.49. The standard InChI is InChI=1S/C72H78N4O12/c1-86-64-34-53-52(33-63(64)84)55-28-43-36-71(39-72(37-44(71)38-78)66(29-42-9-7-14-62(83)69(42)75-72)76-59-22-23-73-58(59)35-60(76)41-8-6-10-45(79)27-41)56-32-46(80)18-20-51(56)68(43)54(53)31-47(81)30-48(19-16-40-17-21-61(82)65(26-40)87-25-24-77)88-67(85)15-5-3-12-50-49-11-2-4-13-57(49)74-70(50)55/h2,4,6,8,10-11,13,17,21-23,26-28,33-35,38,42-44,46,48,51,54,56,62,66,68-69,73-75,77,79-80,82-84H,7,9,12,14-16,18-20,24-25,29-32,36-37,39H2,1H3. The first-order valence-corrected chi connectivity index (χ1v) is 31.8. The molecule has 4 aromatic carbocycles. The van der Waals surface area contributed by atoms with Gasteiger partial charge in [0, 0.05) is 65.0 Å². The minimum Gasteiger partial charge on any atom is -0.508 e. The number of allylic oxidation sites excluding steroid dienone is 1. The van der Waals surface area contributed by atoms with Gasteiger partial charge in [0.1, 0.15) is 37.0 Å². The number of rotatable bonds is 10. The first kappa shape index (κ1) is 57.9. The number of aromatic nitrogens is 3. The highest BCUT2D eigenvalue weighted by molar-refractivity contribution is 5.95. The van der Waals surface area contributed by atoms with Gasteiger partial charge < -0.3 is 69.5 Å². The summed E-state index contributed by atoms with van der Waals surface area (Å²) in [6, 6.07) is 28.0. The number of Topliss-reactive ketones (excluding diaryl/α,β-unsaturated/α-hetero) is 1. The number of aliphatic hydroxyl groups excluding tert-OH is 3. The number of esters is 1. The van der Waals surface area contributed by atoms with Crippen molar-refractivity contribution in [3.05, 3.63) is 131 Å². The van der Waals surface area contributed by atoms with E-state index < -0.39 is 47.1 Å². The number of aliphatic hydroxyl groups is 3. The lowest BCUT2D eigenvalue weighted by Crippen LogP contribution is -2.65. The largest absolute Gasteiger partial charge is 0.508 e. The number of ether oxygens (including phenoxy) is 3. The summed E-state index contributed by atoms with van der Waals surface area (Å²) in [6.07, 6.45) is 10.7. The molecule has 5 fully saturated rings. The van der Waals surface area contributed by atoms with Crippen LogP contribution >= 0.6 is 0 Å². The number of cyclic esters (lactones) is 1. The van der Waals surface area contributed by atoms with Gasteiger partial charge in [-0.3, -0.25) is 9.59 Å². The topological polar surface area (TPSA) is 249 Å². The molecule has 88 heavy (non-hydrogen) atoms. The quantitative estimate of drug-likeness (QED) is 0.0352. The third kappa shape index (κ3) is 10.2. The Labute approximate surface area is 511 Å². The van der Waals surface area contributed by atoms with Crippen LogP contribution in [0.5, 0.6) is 28.7 Å². The van der Waals surface area contributed by atoms with Gasteiger partial charge in [-0.1, -0.05) is 60.7 Å². The highest BCUT2D eigenvalue weighted by atomic mass is 16.5. The molecule has 0 amide bonds. The minimum absolute atomic E-state index is 0.0105. The molecular weight excluding hydrogens is 1110 g/mol. The number of aromatic amines is 2. The number of nitrogens with one attached hydrogen (secondary N) is 3. The summed E-state index contributed by atoms with van der Waals surface area (Å²) in [6.45, 7) is -0.247. The monoisotopic (exact) mass is 1190 g/mol. The molecule has 1 saturated heterocycles. The molecule has 7 aromatic rings. The van der Waals surface area contributed by atoms with Crippen LogP contribution in [0.4, 0.5) is 0 Å². The average molecular weight is 1190 g/mol. The van der Waals surface area contributed by atoms with E-state index in [1.807, 2.05) is 42.6 Å². The Morgan fingerprint density at radius 2 is 1.73 bits per heavy atom. The van der Waals surface area contributed by atoms with Crippen molar-refractivity contribution in [2.75, 3.05) is 20.3 Å². The summed E-state index contributed by atoms with van der Waals surface area (Å²) in [4.78, 5) is 51.6. The van der Waals surface area contributed by atoms with E-state index >= 15 is 4.79 Å². The zero-order chi connectivity index (χ0) is 60.6. The smallest absolute Gasteiger partial charge is 0.318 e. The fraction of sp³-hybridized carbons (Fsp3) is 0.458. The maximum absolute atomic E-state index is 15.6. The van der Waals surface area contributed by atoms with Gasteiger partial charge in [-0.2, -0.15) is 0 Å². The van der Waals surface area contributed by atoms with E-state index in [1.165, 1.54) is 19.5 Å². The number of aromatic hydroxyl groups is 3. The number of carbonyl (C=O) groups excluding carboxylic acids is 3. The van der Waals surface area contributed by atoms with Crippen LogP contribution in [0.15, 0.2) is 103 Å². The maximum Gasteiger partial charge on any atom is 0.318 e. The van der Waals surface area contributed by atoms with Crippen molar-refractivity contribution in [2.24, 2.45) is 40.9 Å². The lowest BCUT2D eigenvalue weighted by atomic mass is 9.46. The highest BCUT2D eigenvalue weighted by Crippen LogP contribution is 2.70. The van der Waals surface area contributed by atoms with Gasteiger partial charge >= 0.3 is 5.97 Å². The van der Waals surface area contributed by atoms with E-state index in [4.69, 9.17) is 14.2 Å². The number of benzene rings is 4. The molecule has 7 aliphatic rings. The molecule has 2 spiro atoms. The van der Waals surface area contributed by atoms with Crippen LogP contribution in [-0.4, -0.2) is 113 Å². The zero-order valence-corrected chi connectivity index (χ0v) is 49.6. The van der Waals surface area contributed by atoms with E-state index in [1.54, 1.807) is 30.3 Å². The Hall–Kier alpha value is -7.81. The van der Waals surface area contributed by atoms with Crippen LogP contribution in [0.3, 0.4) is 0 Å². The van der Waals surface area contributed by atoms with E-state index in [-0.39, 0.29) is 122 Å². The van der Waals surface area contributed by atoms with Gasteiger partial charge in [-0.05, 0) is 188 Å². The number of H-pyrrole nitrogens is 2. The molecule has 4 saturated carbocycles. The van der Waals surface area contributed by atoms with Gasteiger partial charge in [0.25, 0.3) is 0 Å². The molecule has 14 atom stereocenters. The molecule has 0 radical (unpaired) electrons. The van der Waals surface area contributed by atoms with Gasteiger partial charge in [-0.25, -0.2) is 0 Å². The molecule has 5 aliphatic carbocycles. The fourth-order valence-electron chi connectivity index (χ4n) is 18.4. The number of hydrogen-bond acceptors (Lipinski definition) is 13. The highest BCUT2D eigenvalue weighted by Gasteiger charge is 2.68. The second-order valence-electron chi connectivity index (χ2n) is 26.6. The van der Waals surface area contributed by atoms with Crippen LogP contribution in [0, 0.1) is 52.8 Å². The van der Waals surface area contributed by atoms with E-state index in [2.05, 4.69) is 56.0 Å². The fourth-order valence-corrected chi connectivity index (χ4v) is 18.4. The zero-order valence-electron chi connectivity index (χ0n) is 49.6. The predicted octanol–water partition coefficient (Wildman–Crippen LogP) is 10.5. The molecule has 2 aliphatic heterocycles. The number of aldehydes is 1. The molecule has 2 bridgehead atoms. The number of para-hydroxylation sites is 1. The van der Waals surface area contributed by atoms with Gasteiger partial charge in [0.15, 0.2) is 23.0 Å². The first-order chi connectivity index (χ1) is 42.7. The number of aryl methyl sites for hydroxylation is 1. The molecule has 16 heteroatoms. The number of piperidine rings is 1. The Morgan fingerprint density at radius 1 is 0.864 bits per heavy atom. The molecule has 16 nitrogen and oxygen atoms in total. The van der Waals surface area contributed by atoms with E-state index in [0.29, 0.717) is 51.4 Å². The molecule has 458 valence electrons. The molecule has 14 unspecified atom stereocenters. The van der Waals surface area contributed by atoms with Crippen molar-refractivity contribution >= 4 is 45.5 Å². The van der Waals surface area contributed by atoms with Gasteiger partial charge in [0.05, 0.1) is 54.4 Å². The second-order valence-corrected chi connectivity index (χ2v) is 26.6. The van der Waals surface area contributed by atoms with Crippen molar-refractivity contribution < 1.29 is 59.2 Å². The number of carbonyl (C=O) groups is 3. The number of fused-ring (bicyclic) bond motifs is 11. The van der Waals surface area contributed by atoms with Gasteiger partial charge in [-0.15, -0.1) is 0 Å². The van der Waals surface area contributed by atoms with Crippen LogP contribution < -0.4 is 14.8 Å². The number of hydrogen-bond donors (Lipinski definition) is 9. The van der Waals surface area contributed by atoms with E-state index in [0.717, 1.165) is 86.0 Å². The van der Waals surface area contributed by atoms with Crippen LogP contribution in [0.2, 0.25) is 0 Å². The Kier molecular flexibility index (Phi) is 15.3. The Bertz CT molecular complexity index is 3940. The summed E-state index contributed by atoms with van der Waals surface area (Å²) in [5, 5.41) is 72.5. The normalized spacial score (nSPS) is 31.2. The van der Waals surface area contributed by atoms with Crippen molar-refractivity contribution in [3.63, 3.8) is 0 Å². The lowest BCUT2D eigenvalue weighted by Gasteiger charge is -2.59. The summed E-state index contributed by atoms with van der Waals surface area (Å²) in [5.74, 6) is 4.67. The van der Waals surface area contributed by atoms with Crippen LogP contribution in [0.25, 0.3) is 38.8 Å². The van der Waals surface area contributed by atoms with Crippen molar-refractivity contribution in [1.29, 1.82) is 0 Å². The van der Waals surface area contributed by atoms with Crippen molar-refractivity contribution in [1.82, 2.24) is 19.9 Å². The third-order valence-electron chi connectivity index (χ3n) is 21.9.